The van der Waals surface area contributed by atoms with Crippen LogP contribution in [-0.4, -0.2) is 26.5 Å². The molecule has 0 fully saturated rings. The predicted octanol–water partition coefficient (Wildman–Crippen LogP) is -0.260. The molecule has 1 aromatic heterocycles. The van der Waals surface area contributed by atoms with Crippen LogP contribution in [0.2, 0.25) is 0 Å². The number of aliphatic hydroxyl groups is 1. The molecule has 0 aliphatic heterocycles. The van der Waals surface area contributed by atoms with Gasteiger partial charge in [-0.05, 0) is 6.42 Å². The van der Waals surface area contributed by atoms with Crippen molar-refractivity contribution in [3.8, 4) is 0 Å². The van der Waals surface area contributed by atoms with E-state index in [4.69, 9.17) is 5.11 Å². The zero-order chi connectivity index (χ0) is 7.40. The second-order valence-electron chi connectivity index (χ2n) is 2.16. The number of rotatable bonds is 3. The number of hydrogen-bond donors (Lipinski definition) is 1. The first kappa shape index (κ1) is 7.21. The SMILES string of the molecule is Cn1cnc(CCCO)n1. The minimum atomic E-state index is 0.207. The van der Waals surface area contributed by atoms with E-state index in [2.05, 4.69) is 10.1 Å². The molecule has 0 amide bonds. The second-order valence-corrected chi connectivity index (χ2v) is 2.16. The number of nitrogens with zero attached hydrogens (tertiary/aromatic N) is 3. The maximum Gasteiger partial charge on any atom is 0.150 e. The molecular formula is C6H11N3O. The summed E-state index contributed by atoms with van der Waals surface area (Å²) in [5.41, 5.74) is 0. The van der Waals surface area contributed by atoms with Crippen molar-refractivity contribution in [1.29, 1.82) is 0 Å². The van der Waals surface area contributed by atoms with Crippen molar-refractivity contribution in [2.24, 2.45) is 7.05 Å². The fourth-order valence-corrected chi connectivity index (χ4v) is 0.736. The molecule has 1 aromatic rings. The fourth-order valence-electron chi connectivity index (χ4n) is 0.736. The zero-order valence-corrected chi connectivity index (χ0v) is 5.99. The summed E-state index contributed by atoms with van der Waals surface area (Å²) >= 11 is 0. The molecule has 4 heteroatoms. The summed E-state index contributed by atoms with van der Waals surface area (Å²) in [6, 6.07) is 0. The second kappa shape index (κ2) is 3.31. The summed E-state index contributed by atoms with van der Waals surface area (Å²) in [6.07, 6.45) is 3.16. The van der Waals surface area contributed by atoms with Crippen LogP contribution in [-0.2, 0) is 13.5 Å². The fraction of sp³-hybridized carbons (Fsp3) is 0.667. The van der Waals surface area contributed by atoms with Gasteiger partial charge in [0.25, 0.3) is 0 Å². The Kier molecular flexibility index (Phi) is 2.39. The molecule has 10 heavy (non-hydrogen) atoms. The molecule has 1 rings (SSSR count). The topological polar surface area (TPSA) is 50.9 Å². The molecule has 0 aromatic carbocycles. The molecule has 1 heterocycles. The van der Waals surface area contributed by atoms with Crippen LogP contribution in [0.5, 0.6) is 0 Å². The number of aryl methyl sites for hydroxylation is 2. The highest BCUT2D eigenvalue weighted by Crippen LogP contribution is 1.92. The van der Waals surface area contributed by atoms with Crippen LogP contribution in [0.1, 0.15) is 12.2 Å². The van der Waals surface area contributed by atoms with Crippen molar-refractivity contribution in [1.82, 2.24) is 14.8 Å². The van der Waals surface area contributed by atoms with Gasteiger partial charge in [-0.1, -0.05) is 0 Å². The Morgan fingerprint density at radius 2 is 2.50 bits per heavy atom. The molecule has 0 radical (unpaired) electrons. The van der Waals surface area contributed by atoms with E-state index in [-0.39, 0.29) is 6.61 Å². The lowest BCUT2D eigenvalue weighted by atomic mass is 10.3. The van der Waals surface area contributed by atoms with Crippen LogP contribution < -0.4 is 0 Å². The van der Waals surface area contributed by atoms with Gasteiger partial charge >= 0.3 is 0 Å². The molecule has 0 unspecified atom stereocenters. The molecule has 0 aliphatic carbocycles. The van der Waals surface area contributed by atoms with E-state index in [1.54, 1.807) is 11.0 Å². The Hall–Kier alpha value is -0.900. The minimum absolute atomic E-state index is 0.207. The largest absolute Gasteiger partial charge is 0.396 e. The van der Waals surface area contributed by atoms with Crippen molar-refractivity contribution in [3.63, 3.8) is 0 Å². The van der Waals surface area contributed by atoms with Gasteiger partial charge in [0, 0.05) is 20.1 Å². The third-order valence-corrected chi connectivity index (χ3v) is 1.21. The quantitative estimate of drug-likeness (QED) is 0.631. The zero-order valence-electron chi connectivity index (χ0n) is 5.99. The highest BCUT2D eigenvalue weighted by Gasteiger charge is 1.95. The van der Waals surface area contributed by atoms with E-state index in [1.807, 2.05) is 7.05 Å². The molecule has 0 bridgehead atoms. The standard InChI is InChI=1S/C6H11N3O/c1-9-5-7-6(8-9)3-2-4-10/h5,10H,2-4H2,1H3. The van der Waals surface area contributed by atoms with Crippen molar-refractivity contribution < 1.29 is 5.11 Å². The average Bonchev–Trinajstić information content (AvgIpc) is 2.31. The summed E-state index contributed by atoms with van der Waals surface area (Å²) in [6.45, 7) is 0.207. The van der Waals surface area contributed by atoms with Gasteiger partial charge in [0.2, 0.25) is 0 Å². The molecule has 0 aliphatic rings. The molecule has 0 saturated heterocycles. The van der Waals surface area contributed by atoms with Gasteiger partial charge in [0.15, 0.2) is 5.82 Å². The van der Waals surface area contributed by atoms with E-state index in [1.165, 1.54) is 0 Å². The molecule has 0 atom stereocenters. The molecule has 56 valence electrons. The average molecular weight is 141 g/mol. The smallest absolute Gasteiger partial charge is 0.150 e. The Bertz CT molecular complexity index is 197. The van der Waals surface area contributed by atoms with Crippen LogP contribution in [0, 0.1) is 0 Å². The highest BCUT2D eigenvalue weighted by atomic mass is 16.2. The summed E-state index contributed by atoms with van der Waals surface area (Å²) in [5.74, 6) is 0.802. The normalized spacial score (nSPS) is 10.2. The third kappa shape index (κ3) is 1.80. The first-order chi connectivity index (χ1) is 4.83. The number of aliphatic hydroxyl groups excluding tert-OH is 1. The van der Waals surface area contributed by atoms with E-state index in [9.17, 15) is 0 Å². The monoisotopic (exact) mass is 141 g/mol. The first-order valence-corrected chi connectivity index (χ1v) is 3.28. The summed E-state index contributed by atoms with van der Waals surface area (Å²) in [7, 11) is 1.83. The molecular weight excluding hydrogens is 130 g/mol. The van der Waals surface area contributed by atoms with E-state index < -0.39 is 0 Å². The van der Waals surface area contributed by atoms with Crippen molar-refractivity contribution >= 4 is 0 Å². The van der Waals surface area contributed by atoms with E-state index in [0.717, 1.165) is 18.7 Å². The van der Waals surface area contributed by atoms with E-state index in [0.29, 0.717) is 0 Å². The van der Waals surface area contributed by atoms with Gasteiger partial charge in [-0.3, -0.25) is 4.68 Å². The van der Waals surface area contributed by atoms with Crippen molar-refractivity contribution in [2.75, 3.05) is 6.61 Å². The van der Waals surface area contributed by atoms with Crippen LogP contribution in [0.4, 0.5) is 0 Å². The lowest BCUT2D eigenvalue weighted by Gasteiger charge is -1.88. The Balaban J connectivity index is 2.42. The number of hydrogen-bond acceptors (Lipinski definition) is 3. The lowest BCUT2D eigenvalue weighted by Crippen LogP contribution is -1.93. The summed E-state index contributed by atoms with van der Waals surface area (Å²) in [4.78, 5) is 3.99. The highest BCUT2D eigenvalue weighted by molar-refractivity contribution is 4.80. The number of aromatic nitrogens is 3. The van der Waals surface area contributed by atoms with Gasteiger partial charge in [-0.2, -0.15) is 5.10 Å². The minimum Gasteiger partial charge on any atom is -0.396 e. The Labute approximate surface area is 59.5 Å². The van der Waals surface area contributed by atoms with Gasteiger partial charge in [0.05, 0.1) is 0 Å². The third-order valence-electron chi connectivity index (χ3n) is 1.21. The molecule has 0 spiro atoms. The Morgan fingerprint density at radius 1 is 1.70 bits per heavy atom. The van der Waals surface area contributed by atoms with Gasteiger partial charge in [-0.25, -0.2) is 4.98 Å². The summed E-state index contributed by atoms with van der Waals surface area (Å²) in [5, 5.41) is 12.5. The Morgan fingerprint density at radius 3 is 3.00 bits per heavy atom. The van der Waals surface area contributed by atoms with Gasteiger partial charge in [-0.15, -0.1) is 0 Å². The van der Waals surface area contributed by atoms with Crippen LogP contribution in [0.15, 0.2) is 6.33 Å². The predicted molar refractivity (Wildman–Crippen MR) is 36.4 cm³/mol. The maximum absolute atomic E-state index is 8.47. The molecule has 1 N–H and O–H groups in total. The molecule has 0 saturated carbocycles. The van der Waals surface area contributed by atoms with Crippen LogP contribution in [0.3, 0.4) is 0 Å². The van der Waals surface area contributed by atoms with Gasteiger partial charge in [0.1, 0.15) is 6.33 Å². The lowest BCUT2D eigenvalue weighted by molar-refractivity contribution is 0.287. The summed E-state index contributed by atoms with van der Waals surface area (Å²) < 4.78 is 1.66. The van der Waals surface area contributed by atoms with Crippen molar-refractivity contribution in [3.05, 3.63) is 12.2 Å². The van der Waals surface area contributed by atoms with E-state index >= 15 is 0 Å². The maximum atomic E-state index is 8.47. The first-order valence-electron chi connectivity index (χ1n) is 3.28. The van der Waals surface area contributed by atoms with Crippen molar-refractivity contribution in [2.45, 2.75) is 12.8 Å². The van der Waals surface area contributed by atoms with Gasteiger partial charge < -0.3 is 5.11 Å². The molecule has 4 nitrogen and oxygen atoms in total. The van der Waals surface area contributed by atoms with Crippen LogP contribution in [0.25, 0.3) is 0 Å². The van der Waals surface area contributed by atoms with Crippen LogP contribution >= 0.6 is 0 Å².